The molecule has 1 aromatic carbocycles. The molecule has 7 heteroatoms. The summed E-state index contributed by atoms with van der Waals surface area (Å²) in [5, 5.41) is 5.28. The lowest BCUT2D eigenvalue weighted by molar-refractivity contribution is 0.102. The van der Waals surface area contributed by atoms with E-state index in [0.717, 1.165) is 16.2 Å². The number of thiazole rings is 1. The first kappa shape index (κ1) is 15.8. The van der Waals surface area contributed by atoms with Gasteiger partial charge < -0.3 is 5.32 Å². The predicted octanol–water partition coefficient (Wildman–Crippen LogP) is 4.67. The van der Waals surface area contributed by atoms with Gasteiger partial charge in [0.15, 0.2) is 4.96 Å². The highest BCUT2D eigenvalue weighted by Gasteiger charge is 2.09. The molecule has 3 heterocycles. The number of rotatable bonds is 3. The molecule has 4 rings (SSSR count). The van der Waals surface area contributed by atoms with Crippen LogP contribution in [-0.4, -0.2) is 20.3 Å². The van der Waals surface area contributed by atoms with Crippen molar-refractivity contribution in [2.45, 2.75) is 6.92 Å². The van der Waals surface area contributed by atoms with E-state index in [1.807, 2.05) is 30.5 Å². The van der Waals surface area contributed by atoms with E-state index < -0.39 is 0 Å². The predicted molar refractivity (Wildman–Crippen MR) is 100 cm³/mol. The number of benzene rings is 1. The largest absolute Gasteiger partial charge is 0.322 e. The van der Waals surface area contributed by atoms with E-state index in [0.29, 0.717) is 16.4 Å². The van der Waals surface area contributed by atoms with Crippen LogP contribution in [0.5, 0.6) is 0 Å². The maximum absolute atomic E-state index is 12.2. The van der Waals surface area contributed by atoms with Gasteiger partial charge in [-0.2, -0.15) is 0 Å². The number of aromatic nitrogens is 3. The van der Waals surface area contributed by atoms with Crippen LogP contribution in [0.1, 0.15) is 16.1 Å². The third kappa shape index (κ3) is 3.14. The van der Waals surface area contributed by atoms with Crippen molar-refractivity contribution in [1.29, 1.82) is 0 Å². The fourth-order valence-corrected chi connectivity index (χ4v) is 3.43. The first-order chi connectivity index (χ1) is 12.1. The molecule has 1 N–H and O–H groups in total. The summed E-state index contributed by atoms with van der Waals surface area (Å²) in [4.78, 5) is 21.7. The van der Waals surface area contributed by atoms with Crippen molar-refractivity contribution in [3.05, 3.63) is 70.6 Å². The Kier molecular flexibility index (Phi) is 3.99. The van der Waals surface area contributed by atoms with Crippen molar-refractivity contribution in [2.75, 3.05) is 5.32 Å². The van der Waals surface area contributed by atoms with Crippen molar-refractivity contribution < 1.29 is 4.79 Å². The van der Waals surface area contributed by atoms with E-state index in [-0.39, 0.29) is 5.91 Å². The van der Waals surface area contributed by atoms with Gasteiger partial charge in [-0.25, -0.2) is 9.97 Å². The SMILES string of the molecule is Cc1csc2nc(-c3ccc(NC(=O)c4ccc(Cl)nc4)cc3)cn12. The topological polar surface area (TPSA) is 59.3 Å². The van der Waals surface area contributed by atoms with Crippen molar-refractivity contribution in [1.82, 2.24) is 14.4 Å². The molecule has 0 saturated carbocycles. The second kappa shape index (κ2) is 6.31. The summed E-state index contributed by atoms with van der Waals surface area (Å²) in [5.74, 6) is -0.227. The van der Waals surface area contributed by atoms with Crippen molar-refractivity contribution >= 4 is 39.5 Å². The molecule has 5 nitrogen and oxygen atoms in total. The van der Waals surface area contributed by atoms with E-state index in [4.69, 9.17) is 11.6 Å². The van der Waals surface area contributed by atoms with Gasteiger partial charge in [-0.05, 0) is 31.2 Å². The van der Waals surface area contributed by atoms with Gasteiger partial charge in [-0.3, -0.25) is 9.20 Å². The molecule has 0 aliphatic rings. The summed E-state index contributed by atoms with van der Waals surface area (Å²) in [6.07, 6.45) is 3.47. The number of imidazole rings is 1. The molecule has 0 unspecified atom stereocenters. The molecule has 3 aromatic heterocycles. The summed E-state index contributed by atoms with van der Waals surface area (Å²) < 4.78 is 2.07. The summed E-state index contributed by atoms with van der Waals surface area (Å²) in [7, 11) is 0. The van der Waals surface area contributed by atoms with E-state index in [1.54, 1.807) is 23.5 Å². The Balaban J connectivity index is 1.53. The quantitative estimate of drug-likeness (QED) is 0.534. The lowest BCUT2D eigenvalue weighted by Crippen LogP contribution is -2.11. The highest BCUT2D eigenvalue weighted by molar-refractivity contribution is 7.15. The van der Waals surface area contributed by atoms with E-state index >= 15 is 0 Å². The summed E-state index contributed by atoms with van der Waals surface area (Å²) in [5.41, 5.74) is 4.24. The van der Waals surface area contributed by atoms with Gasteiger partial charge in [0.1, 0.15) is 5.15 Å². The van der Waals surface area contributed by atoms with E-state index in [9.17, 15) is 4.79 Å². The minimum absolute atomic E-state index is 0.227. The fourth-order valence-electron chi connectivity index (χ4n) is 2.47. The van der Waals surface area contributed by atoms with Crippen LogP contribution in [0.2, 0.25) is 5.15 Å². The first-order valence-corrected chi connectivity index (χ1v) is 8.82. The average Bonchev–Trinajstić information content (AvgIpc) is 3.18. The number of nitrogens with zero attached hydrogens (tertiary/aromatic N) is 3. The fraction of sp³-hybridized carbons (Fsp3) is 0.0556. The average molecular weight is 369 g/mol. The monoisotopic (exact) mass is 368 g/mol. The van der Waals surface area contributed by atoms with Crippen LogP contribution >= 0.6 is 22.9 Å². The maximum atomic E-state index is 12.2. The summed E-state index contributed by atoms with van der Waals surface area (Å²) in [6, 6.07) is 10.8. The molecule has 0 aliphatic heterocycles. The van der Waals surface area contributed by atoms with E-state index in [2.05, 4.69) is 32.0 Å². The number of pyridine rings is 1. The van der Waals surface area contributed by atoms with Crippen LogP contribution in [-0.2, 0) is 0 Å². The first-order valence-electron chi connectivity index (χ1n) is 7.57. The number of halogens is 1. The number of anilines is 1. The van der Waals surface area contributed by atoms with Gasteiger partial charge in [-0.1, -0.05) is 23.7 Å². The van der Waals surface area contributed by atoms with Crippen LogP contribution in [0.15, 0.2) is 54.2 Å². The molecule has 124 valence electrons. The minimum atomic E-state index is -0.227. The third-order valence-corrected chi connectivity index (χ3v) is 5.00. The molecule has 0 saturated heterocycles. The van der Waals surface area contributed by atoms with Gasteiger partial charge in [0.05, 0.1) is 11.3 Å². The number of hydrogen-bond donors (Lipinski definition) is 1. The Bertz CT molecular complexity index is 1050. The van der Waals surface area contributed by atoms with Crippen molar-refractivity contribution in [2.24, 2.45) is 0 Å². The van der Waals surface area contributed by atoms with Crippen LogP contribution < -0.4 is 5.32 Å². The zero-order chi connectivity index (χ0) is 17.4. The van der Waals surface area contributed by atoms with Crippen molar-refractivity contribution in [3.8, 4) is 11.3 Å². The summed E-state index contributed by atoms with van der Waals surface area (Å²) in [6.45, 7) is 2.05. The Labute approximate surface area is 152 Å². The second-order valence-corrected chi connectivity index (χ2v) is 6.78. The molecule has 0 atom stereocenters. The number of carbonyl (C=O) groups excluding carboxylic acids is 1. The van der Waals surface area contributed by atoms with E-state index in [1.165, 1.54) is 11.9 Å². The molecule has 0 spiro atoms. The molecule has 0 aliphatic carbocycles. The Morgan fingerprint density at radius 1 is 1.20 bits per heavy atom. The molecule has 0 radical (unpaired) electrons. The second-order valence-electron chi connectivity index (χ2n) is 5.56. The lowest BCUT2D eigenvalue weighted by atomic mass is 10.1. The zero-order valence-corrected chi connectivity index (χ0v) is 14.8. The molecule has 1 amide bonds. The molecular formula is C18H13ClN4OS. The smallest absolute Gasteiger partial charge is 0.257 e. The Hall–Kier alpha value is -2.70. The number of hydrogen-bond acceptors (Lipinski definition) is 4. The summed E-state index contributed by atoms with van der Waals surface area (Å²) >= 11 is 7.35. The maximum Gasteiger partial charge on any atom is 0.257 e. The molecular weight excluding hydrogens is 356 g/mol. The van der Waals surface area contributed by atoms with Gasteiger partial charge >= 0.3 is 0 Å². The zero-order valence-electron chi connectivity index (χ0n) is 13.2. The van der Waals surface area contributed by atoms with Crippen LogP contribution in [0, 0.1) is 6.92 Å². The van der Waals surface area contributed by atoms with Gasteiger partial charge in [0, 0.05) is 34.7 Å². The molecule has 25 heavy (non-hydrogen) atoms. The highest BCUT2D eigenvalue weighted by Crippen LogP contribution is 2.24. The van der Waals surface area contributed by atoms with Gasteiger partial charge in [0.25, 0.3) is 5.91 Å². The Morgan fingerprint density at radius 2 is 2.00 bits per heavy atom. The molecule has 4 aromatic rings. The van der Waals surface area contributed by atoms with Crippen LogP contribution in [0.25, 0.3) is 16.2 Å². The standard InChI is InChI=1S/C18H13ClN4OS/c1-11-10-25-18-22-15(9-23(11)18)12-2-5-14(6-3-12)21-17(24)13-4-7-16(19)20-8-13/h2-10H,1H3,(H,21,24). The van der Waals surface area contributed by atoms with Gasteiger partial charge in [-0.15, -0.1) is 11.3 Å². The number of aryl methyl sites for hydroxylation is 1. The number of fused-ring (bicyclic) bond motifs is 1. The molecule has 0 bridgehead atoms. The van der Waals surface area contributed by atoms with Gasteiger partial charge in [0.2, 0.25) is 0 Å². The van der Waals surface area contributed by atoms with Crippen molar-refractivity contribution in [3.63, 3.8) is 0 Å². The van der Waals surface area contributed by atoms with Crippen LogP contribution in [0.4, 0.5) is 5.69 Å². The Morgan fingerprint density at radius 3 is 2.68 bits per heavy atom. The minimum Gasteiger partial charge on any atom is -0.322 e. The molecule has 0 fully saturated rings. The number of carbonyl (C=O) groups is 1. The number of nitrogens with one attached hydrogen (secondary N) is 1. The number of amides is 1. The third-order valence-electron chi connectivity index (χ3n) is 3.82. The van der Waals surface area contributed by atoms with Crippen LogP contribution in [0.3, 0.4) is 0 Å². The lowest BCUT2D eigenvalue weighted by Gasteiger charge is -2.06. The highest BCUT2D eigenvalue weighted by atomic mass is 35.5. The normalized spacial score (nSPS) is 11.0.